The van der Waals surface area contributed by atoms with Crippen molar-refractivity contribution in [1.82, 2.24) is 0 Å². The number of halogens is 1. The zero-order valence-corrected chi connectivity index (χ0v) is 14.9. The number of hydrogen-bond donors (Lipinski definition) is 1. The first-order valence-electron chi connectivity index (χ1n) is 7.42. The predicted molar refractivity (Wildman–Crippen MR) is 97.6 cm³/mol. The van der Waals surface area contributed by atoms with Crippen LogP contribution in [-0.2, 0) is 4.74 Å². The second-order valence-corrected chi connectivity index (χ2v) is 6.11. The number of methoxy groups -OCH3 is 1. The van der Waals surface area contributed by atoms with Gasteiger partial charge in [0.1, 0.15) is 5.76 Å². The van der Waals surface area contributed by atoms with Crippen LogP contribution in [0.5, 0.6) is 0 Å². The molecule has 2 aromatic carbocycles. The average Bonchev–Trinajstić information content (AvgIpc) is 3.13. The molecule has 0 saturated heterocycles. The smallest absolute Gasteiger partial charge is 0.373 e. The lowest BCUT2D eigenvalue weighted by atomic mass is 10.1. The lowest BCUT2D eigenvalue weighted by molar-refractivity contribution is 0.0566. The maximum atomic E-state index is 12.3. The first-order chi connectivity index (χ1) is 12.1. The number of ether oxygens (including phenoxy) is 1. The molecule has 0 fully saturated rings. The Bertz CT molecular complexity index is 898. The average molecular weight is 400 g/mol. The molecule has 3 aromatic rings. The van der Waals surface area contributed by atoms with E-state index in [0.717, 1.165) is 10.0 Å². The van der Waals surface area contributed by atoms with Crippen LogP contribution in [0.3, 0.4) is 0 Å². The standard InChI is InChI=1S/C19H14BrNO4/c1-24-19(23)17-11-10-16(25-17)12-2-4-13(5-3-12)18(22)21-15-8-6-14(20)7-9-15/h2-11H,1H3,(H,21,22). The number of benzene rings is 2. The molecule has 0 unspecified atom stereocenters. The van der Waals surface area contributed by atoms with Gasteiger partial charge >= 0.3 is 5.97 Å². The molecule has 25 heavy (non-hydrogen) atoms. The number of carbonyl (C=O) groups excluding carboxylic acids is 2. The maximum absolute atomic E-state index is 12.3. The van der Waals surface area contributed by atoms with Crippen molar-refractivity contribution >= 4 is 33.5 Å². The lowest BCUT2D eigenvalue weighted by Crippen LogP contribution is -2.11. The molecule has 0 radical (unpaired) electrons. The van der Waals surface area contributed by atoms with Gasteiger partial charge in [0.15, 0.2) is 0 Å². The Labute approximate surface area is 152 Å². The summed E-state index contributed by atoms with van der Waals surface area (Å²) in [7, 11) is 1.30. The molecule has 0 aliphatic carbocycles. The zero-order valence-electron chi connectivity index (χ0n) is 13.3. The number of carbonyl (C=O) groups is 2. The topological polar surface area (TPSA) is 68.5 Å². The van der Waals surface area contributed by atoms with Crippen molar-refractivity contribution in [2.45, 2.75) is 0 Å². The largest absolute Gasteiger partial charge is 0.463 e. The number of hydrogen-bond acceptors (Lipinski definition) is 4. The Balaban J connectivity index is 1.73. The SMILES string of the molecule is COC(=O)c1ccc(-c2ccc(C(=O)Nc3ccc(Br)cc3)cc2)o1. The Kier molecular flexibility index (Phi) is 5.00. The van der Waals surface area contributed by atoms with Crippen LogP contribution in [0.4, 0.5) is 5.69 Å². The molecule has 1 heterocycles. The Morgan fingerprint density at radius 2 is 1.64 bits per heavy atom. The molecule has 0 atom stereocenters. The summed E-state index contributed by atoms with van der Waals surface area (Å²) < 4.78 is 11.0. The fourth-order valence-corrected chi connectivity index (χ4v) is 2.49. The molecule has 1 N–H and O–H groups in total. The summed E-state index contributed by atoms with van der Waals surface area (Å²) in [5.41, 5.74) is 1.99. The molecule has 0 aliphatic rings. The van der Waals surface area contributed by atoms with Gasteiger partial charge in [-0.15, -0.1) is 0 Å². The summed E-state index contributed by atoms with van der Waals surface area (Å²) in [5.74, 6) is -0.0739. The predicted octanol–water partition coefficient (Wildman–Crippen LogP) is 4.75. The summed E-state index contributed by atoms with van der Waals surface area (Å²) >= 11 is 3.35. The highest BCUT2D eigenvalue weighted by atomic mass is 79.9. The van der Waals surface area contributed by atoms with Crippen LogP contribution < -0.4 is 5.32 Å². The van der Waals surface area contributed by atoms with E-state index in [1.807, 2.05) is 24.3 Å². The van der Waals surface area contributed by atoms with Gasteiger partial charge in [-0.25, -0.2) is 4.79 Å². The number of nitrogens with one attached hydrogen (secondary N) is 1. The van der Waals surface area contributed by atoms with E-state index in [-0.39, 0.29) is 11.7 Å². The van der Waals surface area contributed by atoms with E-state index in [2.05, 4.69) is 26.0 Å². The van der Waals surface area contributed by atoms with Gasteiger partial charge in [0.05, 0.1) is 7.11 Å². The normalized spacial score (nSPS) is 10.3. The fraction of sp³-hybridized carbons (Fsp3) is 0.0526. The van der Waals surface area contributed by atoms with Gasteiger partial charge in [-0.2, -0.15) is 0 Å². The zero-order chi connectivity index (χ0) is 17.8. The van der Waals surface area contributed by atoms with Gasteiger partial charge in [0, 0.05) is 21.3 Å². The van der Waals surface area contributed by atoms with Crippen LogP contribution in [0.25, 0.3) is 11.3 Å². The minimum Gasteiger partial charge on any atom is -0.463 e. The Morgan fingerprint density at radius 3 is 2.28 bits per heavy atom. The lowest BCUT2D eigenvalue weighted by Gasteiger charge is -2.06. The summed E-state index contributed by atoms with van der Waals surface area (Å²) in [4.78, 5) is 23.7. The third kappa shape index (κ3) is 3.97. The molecule has 1 amide bonds. The highest BCUT2D eigenvalue weighted by molar-refractivity contribution is 9.10. The van der Waals surface area contributed by atoms with Gasteiger partial charge < -0.3 is 14.5 Å². The summed E-state index contributed by atoms with van der Waals surface area (Å²) in [6.45, 7) is 0. The van der Waals surface area contributed by atoms with Gasteiger partial charge in [0.25, 0.3) is 5.91 Å². The number of rotatable bonds is 4. The van der Waals surface area contributed by atoms with E-state index in [1.165, 1.54) is 7.11 Å². The molecule has 0 saturated carbocycles. The van der Waals surface area contributed by atoms with Crippen LogP contribution in [0, 0.1) is 0 Å². The van der Waals surface area contributed by atoms with Crippen molar-refractivity contribution in [3.63, 3.8) is 0 Å². The minimum atomic E-state index is -0.531. The maximum Gasteiger partial charge on any atom is 0.373 e. The molecular formula is C19H14BrNO4. The molecule has 3 rings (SSSR count). The molecule has 126 valence electrons. The van der Waals surface area contributed by atoms with E-state index in [9.17, 15) is 9.59 Å². The van der Waals surface area contributed by atoms with Crippen molar-refractivity contribution in [2.24, 2.45) is 0 Å². The Hall–Kier alpha value is -2.86. The van der Waals surface area contributed by atoms with E-state index >= 15 is 0 Å². The highest BCUT2D eigenvalue weighted by Gasteiger charge is 2.13. The van der Waals surface area contributed by atoms with Crippen molar-refractivity contribution < 1.29 is 18.7 Å². The summed E-state index contributed by atoms with van der Waals surface area (Å²) in [6.07, 6.45) is 0. The third-order valence-electron chi connectivity index (χ3n) is 3.53. The third-order valence-corrected chi connectivity index (χ3v) is 4.05. The second kappa shape index (κ2) is 7.36. The molecule has 0 bridgehead atoms. The molecule has 1 aromatic heterocycles. The van der Waals surface area contributed by atoms with Crippen LogP contribution in [0.2, 0.25) is 0 Å². The van der Waals surface area contributed by atoms with Crippen molar-refractivity contribution in [3.05, 3.63) is 76.5 Å². The number of esters is 1. The van der Waals surface area contributed by atoms with Crippen LogP contribution in [0.1, 0.15) is 20.9 Å². The summed E-state index contributed by atoms with van der Waals surface area (Å²) in [6, 6.07) is 17.5. The number of amides is 1. The van der Waals surface area contributed by atoms with Crippen molar-refractivity contribution in [2.75, 3.05) is 12.4 Å². The quantitative estimate of drug-likeness (QED) is 0.642. The molecule has 0 aliphatic heterocycles. The number of anilines is 1. The molecule has 6 heteroatoms. The number of furan rings is 1. The van der Waals surface area contributed by atoms with Gasteiger partial charge in [-0.05, 0) is 48.5 Å². The van der Waals surface area contributed by atoms with Crippen LogP contribution in [0.15, 0.2) is 69.6 Å². The minimum absolute atomic E-state index is 0.134. The monoisotopic (exact) mass is 399 g/mol. The molecule has 5 nitrogen and oxygen atoms in total. The highest BCUT2D eigenvalue weighted by Crippen LogP contribution is 2.23. The summed E-state index contributed by atoms with van der Waals surface area (Å²) in [5, 5.41) is 2.83. The van der Waals surface area contributed by atoms with E-state index in [0.29, 0.717) is 17.0 Å². The molecule has 0 spiro atoms. The van der Waals surface area contributed by atoms with Crippen molar-refractivity contribution in [1.29, 1.82) is 0 Å². The van der Waals surface area contributed by atoms with E-state index < -0.39 is 5.97 Å². The van der Waals surface area contributed by atoms with Crippen LogP contribution in [-0.4, -0.2) is 19.0 Å². The fourth-order valence-electron chi connectivity index (χ4n) is 2.23. The first-order valence-corrected chi connectivity index (χ1v) is 8.21. The first kappa shape index (κ1) is 17.0. The van der Waals surface area contributed by atoms with Gasteiger partial charge in [-0.3, -0.25) is 4.79 Å². The van der Waals surface area contributed by atoms with E-state index in [4.69, 9.17) is 4.42 Å². The second-order valence-electron chi connectivity index (χ2n) is 5.19. The van der Waals surface area contributed by atoms with E-state index in [1.54, 1.807) is 36.4 Å². The molecular weight excluding hydrogens is 386 g/mol. The van der Waals surface area contributed by atoms with Gasteiger partial charge in [-0.1, -0.05) is 28.1 Å². The Morgan fingerprint density at radius 1 is 0.960 bits per heavy atom. The van der Waals surface area contributed by atoms with Crippen molar-refractivity contribution in [3.8, 4) is 11.3 Å². The van der Waals surface area contributed by atoms with Gasteiger partial charge in [0.2, 0.25) is 5.76 Å². The van der Waals surface area contributed by atoms with Crippen LogP contribution >= 0.6 is 15.9 Å².